The van der Waals surface area contributed by atoms with Crippen molar-refractivity contribution >= 4 is 39.7 Å². The molecule has 0 unspecified atom stereocenters. The molecule has 100 valence electrons. The number of nitrogens with zero attached hydrogens (tertiary/aromatic N) is 2. The molecular weight excluding hydrogens is 284 g/mol. The number of para-hydroxylation sites is 1. The zero-order valence-corrected chi connectivity index (χ0v) is 12.0. The van der Waals surface area contributed by atoms with Gasteiger partial charge in [0.1, 0.15) is 5.01 Å². The number of halogens is 1. The van der Waals surface area contributed by atoms with Crippen molar-refractivity contribution in [1.82, 2.24) is 10.2 Å². The minimum Gasteiger partial charge on any atom is -0.397 e. The van der Waals surface area contributed by atoms with Crippen LogP contribution in [0.1, 0.15) is 35.1 Å². The van der Waals surface area contributed by atoms with Crippen molar-refractivity contribution in [1.29, 1.82) is 0 Å². The van der Waals surface area contributed by atoms with Gasteiger partial charge in [0.15, 0.2) is 0 Å². The average Bonchev–Trinajstić information content (AvgIpc) is 2.81. The van der Waals surface area contributed by atoms with Gasteiger partial charge in [0.05, 0.1) is 16.3 Å². The molecule has 2 aromatic rings. The highest BCUT2D eigenvalue weighted by Crippen LogP contribution is 2.25. The number of anilines is 2. The summed E-state index contributed by atoms with van der Waals surface area (Å²) in [6.07, 6.45) is 0. The third-order valence-corrected chi connectivity index (χ3v) is 3.92. The van der Waals surface area contributed by atoms with E-state index in [0.717, 1.165) is 5.01 Å². The number of aromatic nitrogens is 2. The Kier molecular flexibility index (Phi) is 4.01. The second-order valence-electron chi connectivity index (χ2n) is 4.26. The van der Waals surface area contributed by atoms with E-state index in [-0.39, 0.29) is 17.5 Å². The zero-order chi connectivity index (χ0) is 14.0. The van der Waals surface area contributed by atoms with E-state index < -0.39 is 0 Å². The fourth-order valence-electron chi connectivity index (χ4n) is 1.42. The molecule has 3 N–H and O–H groups in total. The van der Waals surface area contributed by atoms with Gasteiger partial charge in [0, 0.05) is 5.92 Å². The molecule has 19 heavy (non-hydrogen) atoms. The molecule has 0 saturated heterocycles. The third-order valence-electron chi connectivity index (χ3n) is 2.45. The van der Waals surface area contributed by atoms with Gasteiger partial charge in [-0.2, -0.15) is 0 Å². The molecule has 0 aliphatic rings. The second kappa shape index (κ2) is 5.54. The minimum atomic E-state index is -0.341. The van der Waals surface area contributed by atoms with Crippen LogP contribution in [0.3, 0.4) is 0 Å². The highest BCUT2D eigenvalue weighted by atomic mass is 35.5. The molecule has 0 aliphatic heterocycles. The number of hydrogen-bond donors (Lipinski definition) is 2. The first-order valence-electron chi connectivity index (χ1n) is 5.67. The van der Waals surface area contributed by atoms with Gasteiger partial charge in [-0.05, 0) is 12.1 Å². The van der Waals surface area contributed by atoms with Gasteiger partial charge in [0.2, 0.25) is 5.13 Å². The Morgan fingerprint density at radius 1 is 1.42 bits per heavy atom. The topological polar surface area (TPSA) is 80.9 Å². The van der Waals surface area contributed by atoms with Gasteiger partial charge >= 0.3 is 0 Å². The molecule has 2 rings (SSSR count). The van der Waals surface area contributed by atoms with Crippen molar-refractivity contribution in [3.8, 4) is 0 Å². The van der Waals surface area contributed by atoms with E-state index in [1.165, 1.54) is 11.3 Å². The number of carbonyl (C=O) groups excluding carboxylic acids is 1. The van der Waals surface area contributed by atoms with Crippen molar-refractivity contribution in [3.63, 3.8) is 0 Å². The highest BCUT2D eigenvalue weighted by molar-refractivity contribution is 7.15. The minimum absolute atomic E-state index is 0.260. The van der Waals surface area contributed by atoms with Gasteiger partial charge in [-0.3, -0.25) is 10.1 Å². The van der Waals surface area contributed by atoms with E-state index in [0.29, 0.717) is 15.7 Å². The Morgan fingerprint density at radius 2 is 2.16 bits per heavy atom. The number of benzene rings is 1. The second-order valence-corrected chi connectivity index (χ2v) is 5.67. The Hall–Kier alpha value is -1.66. The summed E-state index contributed by atoms with van der Waals surface area (Å²) < 4.78 is 0. The van der Waals surface area contributed by atoms with Crippen molar-refractivity contribution < 1.29 is 4.79 Å². The van der Waals surface area contributed by atoms with Crippen LogP contribution in [0.2, 0.25) is 5.02 Å². The molecule has 0 aliphatic carbocycles. The molecule has 0 fully saturated rings. The van der Waals surface area contributed by atoms with Crippen LogP contribution in [-0.4, -0.2) is 16.1 Å². The Labute approximate surface area is 119 Å². The lowest BCUT2D eigenvalue weighted by Crippen LogP contribution is -2.14. The van der Waals surface area contributed by atoms with Crippen LogP contribution in [0.15, 0.2) is 18.2 Å². The monoisotopic (exact) mass is 296 g/mol. The summed E-state index contributed by atoms with van der Waals surface area (Å²) in [6.45, 7) is 4.03. The summed E-state index contributed by atoms with van der Waals surface area (Å²) in [5.74, 6) is -0.0640. The van der Waals surface area contributed by atoms with Crippen LogP contribution in [-0.2, 0) is 0 Å². The van der Waals surface area contributed by atoms with Crippen molar-refractivity contribution in [2.75, 3.05) is 11.1 Å². The molecule has 0 bridgehead atoms. The van der Waals surface area contributed by atoms with Gasteiger partial charge in [-0.15, -0.1) is 10.2 Å². The van der Waals surface area contributed by atoms with Gasteiger partial charge in [-0.1, -0.05) is 42.9 Å². The summed E-state index contributed by atoms with van der Waals surface area (Å²) in [5, 5.41) is 12.3. The largest absolute Gasteiger partial charge is 0.397 e. The Morgan fingerprint density at radius 3 is 2.79 bits per heavy atom. The van der Waals surface area contributed by atoms with Crippen LogP contribution in [0.4, 0.5) is 10.8 Å². The molecule has 1 aromatic carbocycles. The van der Waals surface area contributed by atoms with Crippen LogP contribution in [0.25, 0.3) is 0 Å². The summed E-state index contributed by atoms with van der Waals surface area (Å²) >= 11 is 7.22. The lowest BCUT2D eigenvalue weighted by molar-refractivity contribution is 0.102. The number of nitrogens with two attached hydrogens (primary N) is 1. The maximum atomic E-state index is 12.1. The van der Waals surface area contributed by atoms with E-state index in [1.807, 2.05) is 13.8 Å². The smallest absolute Gasteiger partial charge is 0.259 e. The molecule has 1 heterocycles. The Bertz CT molecular complexity index is 612. The van der Waals surface area contributed by atoms with Gasteiger partial charge in [0.25, 0.3) is 5.91 Å². The average molecular weight is 297 g/mol. The number of amides is 1. The molecule has 0 spiro atoms. The normalized spacial score (nSPS) is 10.7. The summed E-state index contributed by atoms with van der Waals surface area (Å²) in [7, 11) is 0. The van der Waals surface area contributed by atoms with Crippen LogP contribution in [0.5, 0.6) is 0 Å². The van der Waals surface area contributed by atoms with Gasteiger partial charge in [-0.25, -0.2) is 0 Å². The lowest BCUT2D eigenvalue weighted by atomic mass is 10.1. The SMILES string of the molecule is CC(C)c1nnc(NC(=O)c2cccc(Cl)c2N)s1. The lowest BCUT2D eigenvalue weighted by Gasteiger charge is -2.05. The molecule has 1 aromatic heterocycles. The molecule has 1 amide bonds. The quantitative estimate of drug-likeness (QED) is 0.853. The van der Waals surface area contributed by atoms with E-state index in [4.69, 9.17) is 17.3 Å². The van der Waals surface area contributed by atoms with Gasteiger partial charge < -0.3 is 5.73 Å². The first kappa shape index (κ1) is 13.8. The first-order chi connectivity index (χ1) is 8.99. The van der Waals surface area contributed by atoms with E-state index >= 15 is 0 Å². The van der Waals surface area contributed by atoms with Crippen LogP contribution >= 0.6 is 22.9 Å². The Balaban J connectivity index is 2.18. The fraction of sp³-hybridized carbons (Fsp3) is 0.250. The van der Waals surface area contributed by atoms with E-state index in [9.17, 15) is 4.79 Å². The van der Waals surface area contributed by atoms with Crippen molar-refractivity contribution in [2.24, 2.45) is 0 Å². The zero-order valence-electron chi connectivity index (χ0n) is 10.5. The summed E-state index contributed by atoms with van der Waals surface area (Å²) in [6, 6.07) is 4.92. The van der Waals surface area contributed by atoms with Crippen LogP contribution < -0.4 is 11.1 Å². The van der Waals surface area contributed by atoms with Crippen molar-refractivity contribution in [3.05, 3.63) is 33.8 Å². The molecule has 0 atom stereocenters. The standard InChI is InChI=1S/C12H13ClN4OS/c1-6(2)11-16-17-12(19-11)15-10(18)7-4-3-5-8(13)9(7)14/h3-6H,14H2,1-2H3,(H,15,17,18). The van der Waals surface area contributed by atoms with E-state index in [1.54, 1.807) is 18.2 Å². The third kappa shape index (κ3) is 3.02. The van der Waals surface area contributed by atoms with E-state index in [2.05, 4.69) is 15.5 Å². The number of rotatable bonds is 3. The number of nitrogens with one attached hydrogen (secondary N) is 1. The molecule has 0 radical (unpaired) electrons. The number of hydrogen-bond acceptors (Lipinski definition) is 5. The molecular formula is C12H13ClN4OS. The summed E-state index contributed by atoms with van der Waals surface area (Å²) in [5.41, 5.74) is 6.35. The predicted octanol–water partition coefficient (Wildman–Crippen LogP) is 3.15. The maximum Gasteiger partial charge on any atom is 0.259 e. The first-order valence-corrected chi connectivity index (χ1v) is 6.87. The molecule has 5 nitrogen and oxygen atoms in total. The highest BCUT2D eigenvalue weighted by Gasteiger charge is 2.15. The number of carbonyl (C=O) groups is 1. The fourth-order valence-corrected chi connectivity index (χ4v) is 2.33. The summed E-state index contributed by atoms with van der Waals surface area (Å²) in [4.78, 5) is 12.1. The molecule has 0 saturated carbocycles. The molecule has 7 heteroatoms. The maximum absolute atomic E-state index is 12.1. The predicted molar refractivity (Wildman–Crippen MR) is 77.8 cm³/mol. The van der Waals surface area contributed by atoms with Crippen LogP contribution in [0, 0.1) is 0 Å². The van der Waals surface area contributed by atoms with Crippen molar-refractivity contribution in [2.45, 2.75) is 19.8 Å². The number of nitrogen functional groups attached to an aromatic ring is 1.